The van der Waals surface area contributed by atoms with Gasteiger partial charge >= 0.3 is 18.3 Å². The number of alkyl halides is 6. The number of carbonyl (C=O) groups excluding carboxylic acids is 1. The molecule has 1 saturated heterocycles. The van der Waals surface area contributed by atoms with Crippen LogP contribution in [0.5, 0.6) is 0 Å². The summed E-state index contributed by atoms with van der Waals surface area (Å²) in [5.74, 6) is -2.01. The second kappa shape index (κ2) is 8.84. The summed E-state index contributed by atoms with van der Waals surface area (Å²) in [4.78, 5) is 12.4. The van der Waals surface area contributed by atoms with E-state index in [9.17, 15) is 36.2 Å². The van der Waals surface area contributed by atoms with Crippen LogP contribution in [0.4, 0.5) is 26.3 Å². The molecule has 0 aromatic carbocycles. The summed E-state index contributed by atoms with van der Waals surface area (Å²) >= 11 is 0. The zero-order chi connectivity index (χ0) is 23.1. The van der Waals surface area contributed by atoms with Gasteiger partial charge in [-0.2, -0.15) is 26.3 Å². The molecule has 30 heavy (non-hydrogen) atoms. The Kier molecular flexibility index (Phi) is 7.44. The first-order valence-corrected chi connectivity index (χ1v) is 10.4. The first kappa shape index (κ1) is 25.2. The summed E-state index contributed by atoms with van der Waals surface area (Å²) in [6, 6.07) is 0.304. The first-order chi connectivity index (χ1) is 13.6. The molecule has 2 aliphatic rings. The number of rotatable bonds is 8. The molecule has 0 spiro atoms. The van der Waals surface area contributed by atoms with Crippen molar-refractivity contribution in [2.45, 2.75) is 83.4 Å². The van der Waals surface area contributed by atoms with E-state index in [0.29, 0.717) is 12.8 Å². The Balaban J connectivity index is 1.88. The molecule has 1 saturated carbocycles. The van der Waals surface area contributed by atoms with Crippen molar-refractivity contribution in [3.05, 3.63) is 0 Å². The monoisotopic (exact) mass is 447 g/mol. The number of hydrogen-bond acceptors (Lipinski definition) is 4. The molecule has 1 heterocycles. The molecule has 2 rings (SSSR count). The van der Waals surface area contributed by atoms with E-state index in [1.807, 2.05) is 20.8 Å². The smallest absolute Gasteiger partial charge is 0.426 e. The van der Waals surface area contributed by atoms with Gasteiger partial charge in [0.25, 0.3) is 5.60 Å². The topological polar surface area (TPSA) is 68.5 Å². The zero-order valence-electron chi connectivity index (χ0n) is 17.6. The SMILES string of the molecule is CC(C)C(C(=O)OCCC1CC(C)C(CC(O)(C(F)(F)F)C(F)(F)F)C1)C1NC1C. The quantitative estimate of drug-likeness (QED) is 0.328. The Morgan fingerprint density at radius 2 is 1.63 bits per heavy atom. The second-order valence-corrected chi connectivity index (χ2v) is 9.34. The van der Waals surface area contributed by atoms with Crippen molar-refractivity contribution in [2.24, 2.45) is 29.6 Å². The lowest BCUT2D eigenvalue weighted by molar-refractivity contribution is -0.373. The standard InChI is InChI=1S/C20H31F6NO3/c1-10(2)15(16-12(4)27-16)17(28)30-6-5-13-7-11(3)14(8-13)9-18(29,19(21,22)23)20(24,25)26/h10-16,27,29H,5-9H2,1-4H3. The molecule has 6 atom stereocenters. The van der Waals surface area contributed by atoms with Crippen LogP contribution in [0.2, 0.25) is 0 Å². The van der Waals surface area contributed by atoms with Crippen molar-refractivity contribution in [2.75, 3.05) is 6.61 Å². The summed E-state index contributed by atoms with van der Waals surface area (Å²) in [6.07, 6.45) is -12.1. The lowest BCUT2D eigenvalue weighted by Crippen LogP contribution is -2.57. The van der Waals surface area contributed by atoms with Crippen molar-refractivity contribution in [3.63, 3.8) is 0 Å². The molecule has 0 bridgehead atoms. The lowest BCUT2D eigenvalue weighted by atomic mass is 9.84. The summed E-state index contributed by atoms with van der Waals surface area (Å²) in [6.45, 7) is 7.49. The van der Waals surface area contributed by atoms with Gasteiger partial charge in [0.05, 0.1) is 12.5 Å². The number of hydrogen-bond donors (Lipinski definition) is 2. The molecule has 0 amide bonds. The van der Waals surface area contributed by atoms with Crippen LogP contribution in [-0.4, -0.2) is 47.7 Å². The maximum atomic E-state index is 13.0. The molecule has 10 heteroatoms. The van der Waals surface area contributed by atoms with Crippen LogP contribution in [-0.2, 0) is 9.53 Å². The Hall–Kier alpha value is -1.03. The van der Waals surface area contributed by atoms with Crippen LogP contribution >= 0.6 is 0 Å². The van der Waals surface area contributed by atoms with Crippen molar-refractivity contribution in [1.82, 2.24) is 5.32 Å². The van der Waals surface area contributed by atoms with Crippen LogP contribution in [0.15, 0.2) is 0 Å². The average molecular weight is 447 g/mol. The minimum Gasteiger partial charge on any atom is -0.465 e. The summed E-state index contributed by atoms with van der Waals surface area (Å²) in [5.41, 5.74) is -4.71. The molecule has 0 aromatic rings. The molecule has 1 aliphatic heterocycles. The van der Waals surface area contributed by atoms with E-state index in [4.69, 9.17) is 4.74 Å². The first-order valence-electron chi connectivity index (χ1n) is 10.4. The number of ether oxygens (including phenoxy) is 1. The average Bonchev–Trinajstić information content (AvgIpc) is 3.16. The predicted octanol–water partition coefficient (Wildman–Crippen LogP) is 4.46. The van der Waals surface area contributed by atoms with E-state index in [1.165, 1.54) is 0 Å². The fraction of sp³-hybridized carbons (Fsp3) is 0.950. The van der Waals surface area contributed by atoms with Crippen molar-refractivity contribution in [1.29, 1.82) is 0 Å². The molecule has 2 N–H and O–H groups in total. The van der Waals surface area contributed by atoms with E-state index >= 15 is 0 Å². The maximum absolute atomic E-state index is 13.0. The molecule has 0 aromatic heterocycles. The van der Waals surface area contributed by atoms with Gasteiger partial charge in [0.2, 0.25) is 0 Å². The van der Waals surface area contributed by atoms with Gasteiger partial charge in [0.15, 0.2) is 0 Å². The van der Waals surface area contributed by atoms with Gasteiger partial charge in [-0.05, 0) is 56.3 Å². The largest absolute Gasteiger partial charge is 0.465 e. The number of nitrogens with one attached hydrogen (secondary N) is 1. The molecule has 0 radical (unpaired) electrons. The molecule has 176 valence electrons. The van der Waals surface area contributed by atoms with E-state index < -0.39 is 36.2 Å². The maximum Gasteiger partial charge on any atom is 0.426 e. The van der Waals surface area contributed by atoms with Gasteiger partial charge in [-0.3, -0.25) is 4.79 Å². The Morgan fingerprint density at radius 1 is 1.10 bits per heavy atom. The fourth-order valence-corrected chi connectivity index (χ4v) is 4.69. The highest BCUT2D eigenvalue weighted by molar-refractivity contribution is 5.74. The van der Waals surface area contributed by atoms with Gasteiger partial charge in [-0.25, -0.2) is 0 Å². The number of esters is 1. The van der Waals surface area contributed by atoms with E-state index in [0.717, 1.165) is 0 Å². The highest BCUT2D eigenvalue weighted by Crippen LogP contribution is 2.51. The zero-order valence-corrected chi connectivity index (χ0v) is 17.6. The third-order valence-corrected chi connectivity index (χ3v) is 6.67. The Morgan fingerprint density at radius 3 is 2.07 bits per heavy atom. The second-order valence-electron chi connectivity index (χ2n) is 9.34. The normalized spacial score (nSPS) is 31.1. The summed E-state index contributed by atoms with van der Waals surface area (Å²) in [7, 11) is 0. The summed E-state index contributed by atoms with van der Waals surface area (Å²) in [5, 5.41) is 12.6. The van der Waals surface area contributed by atoms with Crippen molar-refractivity contribution in [3.8, 4) is 0 Å². The van der Waals surface area contributed by atoms with Crippen molar-refractivity contribution >= 4 is 5.97 Å². The number of carbonyl (C=O) groups is 1. The minimum atomic E-state index is -5.79. The van der Waals surface area contributed by atoms with Crippen LogP contribution in [0, 0.1) is 29.6 Å². The number of aliphatic hydroxyl groups is 1. The third kappa shape index (κ3) is 5.41. The van der Waals surface area contributed by atoms with E-state index in [-0.39, 0.29) is 48.8 Å². The molecule has 1 aliphatic carbocycles. The highest BCUT2D eigenvalue weighted by atomic mass is 19.4. The van der Waals surface area contributed by atoms with Crippen LogP contribution in [0.3, 0.4) is 0 Å². The Labute approximate surface area is 172 Å². The van der Waals surface area contributed by atoms with Crippen LogP contribution < -0.4 is 5.32 Å². The predicted molar refractivity (Wildman–Crippen MR) is 97.3 cm³/mol. The van der Waals surface area contributed by atoms with Gasteiger partial charge < -0.3 is 15.2 Å². The molecule has 2 fully saturated rings. The van der Waals surface area contributed by atoms with E-state index in [1.54, 1.807) is 6.92 Å². The number of halogens is 6. The molecule has 6 unspecified atom stereocenters. The molecule has 4 nitrogen and oxygen atoms in total. The highest BCUT2D eigenvalue weighted by Gasteiger charge is 2.70. The molecular formula is C20H31F6NO3. The minimum absolute atomic E-state index is 0.0656. The van der Waals surface area contributed by atoms with Gasteiger partial charge in [-0.1, -0.05) is 20.8 Å². The van der Waals surface area contributed by atoms with Crippen molar-refractivity contribution < 1.29 is 41.0 Å². The van der Waals surface area contributed by atoms with Crippen LogP contribution in [0.25, 0.3) is 0 Å². The summed E-state index contributed by atoms with van der Waals surface area (Å²) < 4.78 is 83.2. The van der Waals surface area contributed by atoms with Gasteiger partial charge in [0.1, 0.15) is 0 Å². The Bertz CT molecular complexity index is 592. The third-order valence-electron chi connectivity index (χ3n) is 6.67. The fourth-order valence-electron chi connectivity index (χ4n) is 4.69. The van der Waals surface area contributed by atoms with Crippen LogP contribution in [0.1, 0.15) is 53.4 Å². The van der Waals surface area contributed by atoms with Gasteiger partial charge in [0, 0.05) is 12.1 Å². The lowest BCUT2D eigenvalue weighted by Gasteiger charge is -2.35. The van der Waals surface area contributed by atoms with E-state index in [2.05, 4.69) is 5.32 Å². The van der Waals surface area contributed by atoms with Gasteiger partial charge in [-0.15, -0.1) is 0 Å². The molecular weight excluding hydrogens is 416 g/mol.